The fourth-order valence-electron chi connectivity index (χ4n) is 1.56. The molecule has 6 nitrogen and oxygen atoms in total. The number of amides is 2. The third-order valence-corrected chi connectivity index (χ3v) is 3.87. The zero-order valence-corrected chi connectivity index (χ0v) is 13.2. The molecule has 3 N–H and O–H groups in total. The van der Waals surface area contributed by atoms with Crippen LogP contribution >= 0.6 is 11.3 Å². The first-order valence-electron chi connectivity index (χ1n) is 6.62. The molecule has 7 heteroatoms. The molecule has 0 saturated carbocycles. The summed E-state index contributed by atoms with van der Waals surface area (Å²) in [5.41, 5.74) is 6.60. The molecule has 0 radical (unpaired) electrons. The second-order valence-electron chi connectivity index (χ2n) is 4.90. The summed E-state index contributed by atoms with van der Waals surface area (Å²) in [5, 5.41) is 5.11. The summed E-state index contributed by atoms with van der Waals surface area (Å²) >= 11 is 1.41. The number of carbonyl (C=O) groups is 2. The largest absolute Gasteiger partial charge is 0.346 e. The van der Waals surface area contributed by atoms with Gasteiger partial charge in [-0.25, -0.2) is 4.98 Å². The Balaban J connectivity index is 2.59. The summed E-state index contributed by atoms with van der Waals surface area (Å²) < 4.78 is 0. The number of hydrogen-bond acceptors (Lipinski definition) is 5. The van der Waals surface area contributed by atoms with Gasteiger partial charge in [-0.15, -0.1) is 11.3 Å². The molecular weight excluding hydrogens is 276 g/mol. The predicted molar refractivity (Wildman–Crippen MR) is 80.7 cm³/mol. The number of nitrogens with zero attached hydrogens (tertiary/aromatic N) is 2. The van der Waals surface area contributed by atoms with Gasteiger partial charge in [-0.05, 0) is 19.8 Å². The minimum Gasteiger partial charge on any atom is -0.346 e. The van der Waals surface area contributed by atoms with E-state index in [1.807, 2.05) is 33.1 Å². The minimum atomic E-state index is -0.597. The molecule has 112 valence electrons. The van der Waals surface area contributed by atoms with Crippen molar-refractivity contribution in [1.29, 1.82) is 0 Å². The van der Waals surface area contributed by atoms with Gasteiger partial charge in [0.05, 0.1) is 18.3 Å². The molecule has 0 unspecified atom stereocenters. The van der Waals surface area contributed by atoms with Gasteiger partial charge < -0.3 is 11.1 Å². The Morgan fingerprint density at radius 3 is 2.60 bits per heavy atom. The van der Waals surface area contributed by atoms with E-state index in [4.69, 9.17) is 5.73 Å². The molecule has 0 spiro atoms. The number of rotatable bonds is 6. The number of anilines is 1. The first-order valence-corrected chi connectivity index (χ1v) is 7.50. The fourth-order valence-corrected chi connectivity index (χ4v) is 2.45. The van der Waals surface area contributed by atoms with Gasteiger partial charge in [0.15, 0.2) is 5.13 Å². The monoisotopic (exact) mass is 298 g/mol. The van der Waals surface area contributed by atoms with E-state index in [2.05, 4.69) is 10.3 Å². The minimum absolute atomic E-state index is 0.0361. The van der Waals surface area contributed by atoms with E-state index in [0.717, 1.165) is 5.69 Å². The van der Waals surface area contributed by atoms with Crippen LogP contribution in [0.25, 0.3) is 0 Å². The molecular formula is C13H22N4O2S. The van der Waals surface area contributed by atoms with Gasteiger partial charge >= 0.3 is 0 Å². The average Bonchev–Trinajstić information content (AvgIpc) is 2.82. The molecule has 1 heterocycles. The second kappa shape index (κ2) is 7.35. The van der Waals surface area contributed by atoms with Crippen molar-refractivity contribution in [2.45, 2.75) is 33.7 Å². The standard InChI is InChI=1S/C13H22N4O2S/c1-5-17(13-16-9(4)7-20-13)10(18)6-15-12(19)11(14)8(2)3/h7-8,11H,5-6,14H2,1-4H3,(H,15,19)/t11-/m0/s1. The number of thiazole rings is 1. The smallest absolute Gasteiger partial charge is 0.248 e. The van der Waals surface area contributed by atoms with Crippen LogP contribution < -0.4 is 16.0 Å². The number of aryl methyl sites for hydroxylation is 1. The Labute approximate surface area is 123 Å². The highest BCUT2D eigenvalue weighted by molar-refractivity contribution is 7.14. The molecule has 0 fully saturated rings. The van der Waals surface area contributed by atoms with Gasteiger partial charge in [0.25, 0.3) is 0 Å². The van der Waals surface area contributed by atoms with Crippen LogP contribution in [0.1, 0.15) is 26.5 Å². The SMILES string of the molecule is CCN(C(=O)CNC(=O)[C@@H](N)C(C)C)c1nc(C)cs1. The highest BCUT2D eigenvalue weighted by Crippen LogP contribution is 2.19. The topological polar surface area (TPSA) is 88.3 Å². The quantitative estimate of drug-likeness (QED) is 0.817. The Morgan fingerprint density at radius 1 is 1.50 bits per heavy atom. The van der Waals surface area contributed by atoms with Crippen molar-refractivity contribution in [1.82, 2.24) is 10.3 Å². The third kappa shape index (κ3) is 4.28. The Kier molecular flexibility index (Phi) is 6.09. The molecule has 1 rings (SSSR count). The van der Waals surface area contributed by atoms with Gasteiger partial charge in [0.2, 0.25) is 11.8 Å². The fraction of sp³-hybridized carbons (Fsp3) is 0.615. The number of hydrogen-bond donors (Lipinski definition) is 2. The van der Waals surface area contributed by atoms with Crippen LogP contribution in [-0.2, 0) is 9.59 Å². The van der Waals surface area contributed by atoms with Gasteiger partial charge in [0.1, 0.15) is 0 Å². The van der Waals surface area contributed by atoms with Crippen molar-refractivity contribution in [2.75, 3.05) is 18.0 Å². The van der Waals surface area contributed by atoms with Crippen LogP contribution in [0.2, 0.25) is 0 Å². The maximum Gasteiger partial charge on any atom is 0.248 e. The molecule has 0 aliphatic carbocycles. The van der Waals surface area contributed by atoms with Gasteiger partial charge in [-0.2, -0.15) is 0 Å². The number of carbonyl (C=O) groups excluding carboxylic acids is 2. The molecule has 0 aromatic carbocycles. The van der Waals surface area contributed by atoms with Crippen LogP contribution in [0.4, 0.5) is 5.13 Å². The van der Waals surface area contributed by atoms with Crippen molar-refractivity contribution in [3.63, 3.8) is 0 Å². The van der Waals surface area contributed by atoms with Crippen molar-refractivity contribution < 1.29 is 9.59 Å². The van der Waals surface area contributed by atoms with Gasteiger partial charge in [-0.1, -0.05) is 13.8 Å². The molecule has 1 aromatic heterocycles. The average molecular weight is 298 g/mol. The van der Waals surface area contributed by atoms with Crippen molar-refractivity contribution in [3.8, 4) is 0 Å². The lowest BCUT2D eigenvalue weighted by Crippen LogP contribution is -2.48. The second-order valence-corrected chi connectivity index (χ2v) is 5.73. The molecule has 0 aliphatic rings. The highest BCUT2D eigenvalue weighted by atomic mass is 32.1. The van der Waals surface area contributed by atoms with E-state index in [0.29, 0.717) is 11.7 Å². The maximum absolute atomic E-state index is 12.1. The van der Waals surface area contributed by atoms with Crippen LogP contribution in [0.3, 0.4) is 0 Å². The van der Waals surface area contributed by atoms with Gasteiger partial charge in [0, 0.05) is 11.9 Å². The Morgan fingerprint density at radius 2 is 2.15 bits per heavy atom. The highest BCUT2D eigenvalue weighted by Gasteiger charge is 2.21. The van der Waals surface area contributed by atoms with Crippen molar-refractivity contribution in [3.05, 3.63) is 11.1 Å². The maximum atomic E-state index is 12.1. The third-order valence-electron chi connectivity index (χ3n) is 2.89. The molecule has 1 atom stereocenters. The van der Waals surface area contributed by atoms with Gasteiger partial charge in [-0.3, -0.25) is 14.5 Å². The molecule has 0 saturated heterocycles. The molecule has 20 heavy (non-hydrogen) atoms. The first kappa shape index (κ1) is 16.6. The summed E-state index contributed by atoms with van der Waals surface area (Å²) in [6.07, 6.45) is 0. The van der Waals surface area contributed by atoms with E-state index in [1.165, 1.54) is 11.3 Å². The summed E-state index contributed by atoms with van der Waals surface area (Å²) in [6, 6.07) is -0.597. The molecule has 0 bridgehead atoms. The van der Waals surface area contributed by atoms with Crippen molar-refractivity contribution >= 4 is 28.3 Å². The summed E-state index contributed by atoms with van der Waals surface area (Å²) in [6.45, 7) is 7.92. The van der Waals surface area contributed by atoms with Crippen molar-refractivity contribution in [2.24, 2.45) is 11.7 Å². The van der Waals surface area contributed by atoms with E-state index in [1.54, 1.807) is 4.90 Å². The van der Waals surface area contributed by atoms with E-state index >= 15 is 0 Å². The zero-order chi connectivity index (χ0) is 15.3. The molecule has 1 aromatic rings. The van der Waals surface area contributed by atoms with E-state index in [9.17, 15) is 9.59 Å². The Hall–Kier alpha value is -1.47. The summed E-state index contributed by atoms with van der Waals surface area (Å²) in [4.78, 5) is 29.7. The lowest BCUT2D eigenvalue weighted by Gasteiger charge is -2.19. The zero-order valence-electron chi connectivity index (χ0n) is 12.3. The lowest BCUT2D eigenvalue weighted by atomic mass is 10.1. The van der Waals surface area contributed by atoms with E-state index < -0.39 is 6.04 Å². The number of aromatic nitrogens is 1. The number of nitrogens with one attached hydrogen (secondary N) is 1. The summed E-state index contributed by atoms with van der Waals surface area (Å²) in [5.74, 6) is -0.458. The number of nitrogens with two attached hydrogens (primary N) is 1. The molecule has 2 amide bonds. The van der Waals surface area contributed by atoms with Crippen LogP contribution in [0.15, 0.2) is 5.38 Å². The Bertz CT molecular complexity index is 473. The molecule has 0 aliphatic heterocycles. The van der Waals surface area contributed by atoms with Crippen LogP contribution in [0.5, 0.6) is 0 Å². The first-order chi connectivity index (χ1) is 9.36. The summed E-state index contributed by atoms with van der Waals surface area (Å²) in [7, 11) is 0. The van der Waals surface area contributed by atoms with E-state index in [-0.39, 0.29) is 24.3 Å². The number of likely N-dealkylation sites (N-methyl/N-ethyl adjacent to an activating group) is 1. The predicted octanol–water partition coefficient (Wildman–Crippen LogP) is 0.904. The lowest BCUT2D eigenvalue weighted by molar-refractivity contribution is -0.126. The van der Waals surface area contributed by atoms with Crippen LogP contribution in [-0.4, -0.2) is 35.9 Å². The van der Waals surface area contributed by atoms with Crippen LogP contribution in [0, 0.1) is 12.8 Å². The normalized spacial score (nSPS) is 12.3.